The number of nitrogens with one attached hydrogen (secondary N) is 1. The molecule has 2 aromatic rings. The molecule has 0 aliphatic carbocycles. The Hall–Kier alpha value is -3.41. The summed E-state index contributed by atoms with van der Waals surface area (Å²) in [5, 5.41) is 12.0. The minimum absolute atomic E-state index is 0.0431. The summed E-state index contributed by atoms with van der Waals surface area (Å²) in [6, 6.07) is 12.4. The van der Waals surface area contributed by atoms with Gasteiger partial charge in [0, 0.05) is 12.6 Å². The third-order valence-electron chi connectivity index (χ3n) is 4.46. The fourth-order valence-corrected chi connectivity index (χ4v) is 3.34. The Morgan fingerprint density at radius 1 is 1.26 bits per heavy atom. The van der Waals surface area contributed by atoms with Crippen LogP contribution < -0.4 is 14.8 Å². The summed E-state index contributed by atoms with van der Waals surface area (Å²) in [5.74, 6) is -0.452. The van der Waals surface area contributed by atoms with Crippen molar-refractivity contribution in [3.05, 3.63) is 63.7 Å². The van der Waals surface area contributed by atoms with Crippen molar-refractivity contribution in [2.24, 2.45) is 0 Å². The Balaban J connectivity index is 1.94. The molecule has 1 aliphatic heterocycles. The molecule has 0 aromatic heterocycles. The van der Waals surface area contributed by atoms with E-state index < -0.39 is 11.8 Å². The number of thiocarbonyl (C=S) groups is 1. The first-order valence-electron chi connectivity index (χ1n) is 9.28. The minimum atomic E-state index is -0.587. The molecule has 1 fully saturated rings. The Morgan fingerprint density at radius 2 is 2.00 bits per heavy atom. The highest BCUT2D eigenvalue weighted by molar-refractivity contribution is 7.80. The zero-order valence-electron chi connectivity index (χ0n) is 16.8. The summed E-state index contributed by atoms with van der Waals surface area (Å²) >= 11 is 11.4. The second-order valence-electron chi connectivity index (χ2n) is 6.50. The standard InChI is InChI=1S/C22H18ClN3O4S/c1-3-29-18-10-13(8-16-20(27)25-22(31)26(2)21(16)28)9-17(23)19(18)30-12-15-7-5-4-6-14(15)11-24/h4-10H,3,12H2,1-2H3,(H,25,27,31)/b16-8+. The maximum Gasteiger partial charge on any atom is 0.265 e. The van der Waals surface area contributed by atoms with E-state index in [0.29, 0.717) is 34.8 Å². The summed E-state index contributed by atoms with van der Waals surface area (Å²) in [6.45, 7) is 2.27. The monoisotopic (exact) mass is 455 g/mol. The molecule has 1 heterocycles. The van der Waals surface area contributed by atoms with Gasteiger partial charge in [0.05, 0.1) is 23.3 Å². The van der Waals surface area contributed by atoms with E-state index in [1.54, 1.807) is 30.3 Å². The number of amides is 2. The number of benzene rings is 2. The molecule has 0 bridgehead atoms. The van der Waals surface area contributed by atoms with Crippen molar-refractivity contribution in [3.8, 4) is 17.6 Å². The number of halogens is 1. The zero-order chi connectivity index (χ0) is 22.5. The van der Waals surface area contributed by atoms with Crippen LogP contribution in [0.5, 0.6) is 11.5 Å². The van der Waals surface area contributed by atoms with E-state index in [4.69, 9.17) is 33.3 Å². The number of hydrogen-bond acceptors (Lipinski definition) is 6. The van der Waals surface area contributed by atoms with Gasteiger partial charge in [0.2, 0.25) is 0 Å². The molecule has 2 amide bonds. The molecule has 0 radical (unpaired) electrons. The molecule has 0 spiro atoms. The van der Waals surface area contributed by atoms with Crippen molar-refractivity contribution in [2.45, 2.75) is 13.5 Å². The van der Waals surface area contributed by atoms with Crippen molar-refractivity contribution in [2.75, 3.05) is 13.7 Å². The number of carbonyl (C=O) groups is 2. The topological polar surface area (TPSA) is 91.7 Å². The molecule has 2 aromatic carbocycles. The van der Waals surface area contributed by atoms with Gasteiger partial charge in [0.25, 0.3) is 11.8 Å². The van der Waals surface area contributed by atoms with Crippen LogP contribution in [0.4, 0.5) is 0 Å². The zero-order valence-corrected chi connectivity index (χ0v) is 18.3. The smallest absolute Gasteiger partial charge is 0.265 e. The normalized spacial score (nSPS) is 15.0. The average molecular weight is 456 g/mol. The van der Waals surface area contributed by atoms with Crippen molar-refractivity contribution >= 4 is 46.8 Å². The van der Waals surface area contributed by atoms with Gasteiger partial charge in [-0.15, -0.1) is 0 Å². The Bertz CT molecular complexity index is 1140. The Morgan fingerprint density at radius 3 is 2.71 bits per heavy atom. The third-order valence-corrected chi connectivity index (χ3v) is 5.11. The van der Waals surface area contributed by atoms with E-state index in [2.05, 4.69) is 11.4 Å². The Labute approximate surface area is 189 Å². The van der Waals surface area contributed by atoms with Crippen molar-refractivity contribution in [1.82, 2.24) is 10.2 Å². The van der Waals surface area contributed by atoms with Crippen LogP contribution in [-0.4, -0.2) is 35.5 Å². The van der Waals surface area contributed by atoms with E-state index >= 15 is 0 Å². The molecule has 1 saturated heterocycles. The SMILES string of the molecule is CCOc1cc(/C=C2\C(=O)NC(=S)N(C)C2=O)cc(Cl)c1OCc1ccccc1C#N. The number of hydrogen-bond donors (Lipinski definition) is 1. The number of nitriles is 1. The molecular weight excluding hydrogens is 438 g/mol. The summed E-state index contributed by atoms with van der Waals surface area (Å²) in [7, 11) is 1.48. The van der Waals surface area contributed by atoms with Gasteiger partial charge in [-0.1, -0.05) is 29.8 Å². The fourth-order valence-electron chi connectivity index (χ4n) is 2.89. The van der Waals surface area contributed by atoms with E-state index in [0.717, 1.165) is 0 Å². The van der Waals surface area contributed by atoms with Crippen LogP contribution in [0.1, 0.15) is 23.6 Å². The molecule has 158 valence electrons. The molecule has 7 nitrogen and oxygen atoms in total. The third kappa shape index (κ3) is 4.85. The number of nitrogens with zero attached hydrogens (tertiary/aromatic N) is 2. The Kier molecular flexibility index (Phi) is 6.90. The minimum Gasteiger partial charge on any atom is -0.490 e. The first-order valence-corrected chi connectivity index (χ1v) is 10.1. The fraction of sp³-hybridized carbons (Fsp3) is 0.182. The van der Waals surface area contributed by atoms with Crippen molar-refractivity contribution in [1.29, 1.82) is 5.26 Å². The molecule has 0 atom stereocenters. The van der Waals surface area contributed by atoms with E-state index in [1.807, 2.05) is 13.0 Å². The first kappa shape index (κ1) is 22.3. The molecular formula is C22H18ClN3O4S. The lowest BCUT2D eigenvalue weighted by molar-refractivity contribution is -0.128. The highest BCUT2D eigenvalue weighted by Crippen LogP contribution is 2.38. The highest BCUT2D eigenvalue weighted by Gasteiger charge is 2.30. The van der Waals surface area contributed by atoms with Crippen LogP contribution in [0.15, 0.2) is 42.0 Å². The quantitative estimate of drug-likeness (QED) is 0.407. The lowest BCUT2D eigenvalue weighted by Gasteiger charge is -2.25. The molecule has 31 heavy (non-hydrogen) atoms. The van der Waals surface area contributed by atoms with Gasteiger partial charge < -0.3 is 9.47 Å². The highest BCUT2D eigenvalue weighted by atomic mass is 35.5. The van der Waals surface area contributed by atoms with E-state index in [1.165, 1.54) is 18.0 Å². The first-order chi connectivity index (χ1) is 14.8. The molecule has 0 saturated carbocycles. The van der Waals surface area contributed by atoms with Crippen LogP contribution in [0, 0.1) is 11.3 Å². The van der Waals surface area contributed by atoms with Gasteiger partial charge in [-0.2, -0.15) is 5.26 Å². The predicted molar refractivity (Wildman–Crippen MR) is 120 cm³/mol. The summed E-state index contributed by atoms with van der Waals surface area (Å²) < 4.78 is 11.5. The number of rotatable bonds is 6. The van der Waals surface area contributed by atoms with Crippen LogP contribution in [0.3, 0.4) is 0 Å². The molecule has 3 rings (SSSR count). The summed E-state index contributed by atoms with van der Waals surface area (Å²) in [4.78, 5) is 25.8. The molecule has 9 heteroatoms. The van der Waals surface area contributed by atoms with E-state index in [-0.39, 0.29) is 22.3 Å². The lowest BCUT2D eigenvalue weighted by atomic mass is 10.1. The predicted octanol–water partition coefficient (Wildman–Crippen LogP) is 3.45. The largest absolute Gasteiger partial charge is 0.490 e. The van der Waals surface area contributed by atoms with Gasteiger partial charge >= 0.3 is 0 Å². The van der Waals surface area contributed by atoms with Crippen molar-refractivity contribution < 1.29 is 19.1 Å². The van der Waals surface area contributed by atoms with Gasteiger partial charge in [0.1, 0.15) is 12.2 Å². The summed E-state index contributed by atoms with van der Waals surface area (Å²) in [6.07, 6.45) is 1.42. The van der Waals surface area contributed by atoms with Gasteiger partial charge in [0.15, 0.2) is 16.6 Å². The van der Waals surface area contributed by atoms with E-state index in [9.17, 15) is 14.9 Å². The number of ether oxygens (including phenoxy) is 2. The lowest BCUT2D eigenvalue weighted by Crippen LogP contribution is -2.52. The van der Waals surface area contributed by atoms with Gasteiger partial charge in [-0.25, -0.2) is 0 Å². The molecule has 1 N–H and O–H groups in total. The van der Waals surface area contributed by atoms with Crippen LogP contribution in [0.2, 0.25) is 5.02 Å². The number of likely N-dealkylation sites (N-methyl/N-ethyl adjacent to an activating group) is 1. The van der Waals surface area contributed by atoms with Crippen LogP contribution in [-0.2, 0) is 16.2 Å². The van der Waals surface area contributed by atoms with Crippen LogP contribution in [0.25, 0.3) is 6.08 Å². The maximum atomic E-state index is 12.4. The van der Waals surface area contributed by atoms with Gasteiger partial charge in [-0.05, 0) is 49.0 Å². The van der Waals surface area contributed by atoms with Gasteiger partial charge in [-0.3, -0.25) is 19.8 Å². The summed E-state index contributed by atoms with van der Waals surface area (Å²) in [5.41, 5.74) is 1.61. The van der Waals surface area contributed by atoms with Crippen LogP contribution >= 0.6 is 23.8 Å². The molecule has 0 unspecified atom stereocenters. The maximum absolute atomic E-state index is 12.4. The number of carbonyl (C=O) groups excluding carboxylic acids is 2. The van der Waals surface area contributed by atoms with Crippen molar-refractivity contribution in [3.63, 3.8) is 0 Å². The molecule has 1 aliphatic rings. The average Bonchev–Trinajstić information content (AvgIpc) is 2.75. The second kappa shape index (κ2) is 9.60. The second-order valence-corrected chi connectivity index (χ2v) is 7.30.